The fourth-order valence-corrected chi connectivity index (χ4v) is 0.494. The van der Waals surface area contributed by atoms with Crippen LogP contribution in [0.2, 0.25) is 0 Å². The largest absolute Gasteiger partial charge is 0.483 e. The van der Waals surface area contributed by atoms with E-state index in [1.807, 2.05) is 0 Å². The fourth-order valence-electron chi connectivity index (χ4n) is 0.322. The van der Waals surface area contributed by atoms with Gasteiger partial charge < -0.3 is 10.0 Å². The van der Waals surface area contributed by atoms with Gasteiger partial charge in [0.05, 0.1) is 0 Å². The second kappa shape index (κ2) is 3.72. The van der Waals surface area contributed by atoms with E-state index in [1.165, 1.54) is 6.08 Å². The second-order valence-electron chi connectivity index (χ2n) is 1.71. The Morgan fingerprint density at radius 3 is 2.22 bits per heavy atom. The maximum Gasteiger partial charge on any atom is 0.483 e. The minimum absolute atomic E-state index is 0.292. The highest BCUT2D eigenvalue weighted by Gasteiger charge is 2.07. The molecule has 0 aromatic carbocycles. The summed E-state index contributed by atoms with van der Waals surface area (Å²) < 4.78 is 0. The zero-order chi connectivity index (χ0) is 7.44. The summed E-state index contributed by atoms with van der Waals surface area (Å²) in [7, 11) is -1.43. The third kappa shape index (κ3) is 4.27. The summed E-state index contributed by atoms with van der Waals surface area (Å²) in [4.78, 5) is 0. The van der Waals surface area contributed by atoms with Crippen molar-refractivity contribution in [2.24, 2.45) is 0 Å². The Kier molecular flexibility index (Phi) is 3.62. The molecule has 0 aromatic rings. The Hall–Kier alpha value is -0.245. The van der Waals surface area contributed by atoms with Crippen LogP contribution in [0.1, 0.15) is 6.92 Å². The van der Waals surface area contributed by atoms with E-state index < -0.39 is 7.12 Å². The average molecular weight is 146 g/mol. The molecule has 0 aliphatic rings. The molecule has 0 aliphatic carbocycles. The fraction of sp³-hybridized carbons (Fsp3) is 0.200. The first-order chi connectivity index (χ1) is 4.04. The highest BCUT2D eigenvalue weighted by atomic mass is 35.5. The van der Waals surface area contributed by atoms with Gasteiger partial charge >= 0.3 is 7.12 Å². The molecule has 0 unspecified atom stereocenters. The molecule has 0 bridgehead atoms. The van der Waals surface area contributed by atoms with Crippen LogP contribution in [0.3, 0.4) is 0 Å². The maximum absolute atomic E-state index is 8.46. The molecule has 4 heteroatoms. The minimum Gasteiger partial charge on any atom is -0.423 e. The number of allylic oxidation sites excluding steroid dienone is 3. The Morgan fingerprint density at radius 2 is 2.11 bits per heavy atom. The van der Waals surface area contributed by atoms with Gasteiger partial charge in [0.25, 0.3) is 0 Å². The van der Waals surface area contributed by atoms with Crippen molar-refractivity contribution >= 4 is 18.7 Å². The minimum atomic E-state index is -1.43. The first kappa shape index (κ1) is 8.75. The molecule has 50 valence electrons. The summed E-state index contributed by atoms with van der Waals surface area (Å²) in [5.41, 5.74) is 0.384. The predicted molar refractivity (Wildman–Crippen MR) is 38.9 cm³/mol. The van der Waals surface area contributed by atoms with E-state index in [0.29, 0.717) is 10.5 Å². The lowest BCUT2D eigenvalue weighted by Crippen LogP contribution is -2.12. The Balaban J connectivity index is 4.00. The molecule has 0 atom stereocenters. The van der Waals surface area contributed by atoms with Crippen LogP contribution in [0, 0.1) is 0 Å². The summed E-state index contributed by atoms with van der Waals surface area (Å²) >= 11 is 5.32. The third-order valence-electron chi connectivity index (χ3n) is 0.792. The standard InChI is InChI=1S/C5H8BClO2/c1-4(6(8)9)3-5(2)7/h3,8-9H,2H2,1H3/b4-3+. The van der Waals surface area contributed by atoms with Crippen LogP contribution in [-0.2, 0) is 0 Å². The molecular weight excluding hydrogens is 138 g/mol. The van der Waals surface area contributed by atoms with Crippen LogP contribution >= 0.6 is 11.6 Å². The molecule has 0 radical (unpaired) electrons. The van der Waals surface area contributed by atoms with E-state index in [0.717, 1.165) is 0 Å². The van der Waals surface area contributed by atoms with Crippen LogP contribution in [-0.4, -0.2) is 17.2 Å². The number of hydrogen-bond acceptors (Lipinski definition) is 2. The summed E-state index contributed by atoms with van der Waals surface area (Å²) in [6.45, 7) is 4.90. The van der Waals surface area contributed by atoms with Gasteiger partial charge in [-0.1, -0.05) is 18.2 Å². The van der Waals surface area contributed by atoms with Gasteiger partial charge in [-0.05, 0) is 18.5 Å². The summed E-state index contributed by atoms with van der Waals surface area (Å²) in [6, 6.07) is 0. The van der Waals surface area contributed by atoms with E-state index in [4.69, 9.17) is 21.6 Å². The van der Waals surface area contributed by atoms with Crippen molar-refractivity contribution in [3.05, 3.63) is 23.2 Å². The molecular formula is C5H8BClO2. The van der Waals surface area contributed by atoms with Crippen LogP contribution in [0.25, 0.3) is 0 Å². The molecule has 0 rings (SSSR count). The van der Waals surface area contributed by atoms with Gasteiger partial charge in [-0.2, -0.15) is 0 Å². The van der Waals surface area contributed by atoms with Crippen molar-refractivity contribution in [1.82, 2.24) is 0 Å². The van der Waals surface area contributed by atoms with Crippen molar-refractivity contribution in [2.75, 3.05) is 0 Å². The number of hydrogen-bond donors (Lipinski definition) is 2. The van der Waals surface area contributed by atoms with Gasteiger partial charge in [-0.3, -0.25) is 0 Å². The van der Waals surface area contributed by atoms with Crippen molar-refractivity contribution in [3.63, 3.8) is 0 Å². The zero-order valence-electron chi connectivity index (χ0n) is 5.13. The highest BCUT2D eigenvalue weighted by molar-refractivity contribution is 6.51. The Morgan fingerprint density at radius 1 is 1.67 bits per heavy atom. The molecule has 0 amide bonds. The van der Waals surface area contributed by atoms with E-state index in [9.17, 15) is 0 Å². The summed E-state index contributed by atoms with van der Waals surface area (Å²) in [5, 5.41) is 17.2. The molecule has 0 fully saturated rings. The summed E-state index contributed by atoms with van der Waals surface area (Å²) in [6.07, 6.45) is 1.40. The average Bonchev–Trinajstić information content (AvgIpc) is 1.63. The van der Waals surface area contributed by atoms with Gasteiger partial charge in [0, 0.05) is 5.03 Å². The van der Waals surface area contributed by atoms with Crippen LogP contribution in [0.4, 0.5) is 0 Å². The van der Waals surface area contributed by atoms with Crippen LogP contribution in [0.15, 0.2) is 23.2 Å². The van der Waals surface area contributed by atoms with Gasteiger partial charge in [-0.25, -0.2) is 0 Å². The molecule has 0 aliphatic heterocycles. The molecule has 9 heavy (non-hydrogen) atoms. The second-order valence-corrected chi connectivity index (χ2v) is 2.19. The number of rotatable bonds is 2. The van der Waals surface area contributed by atoms with Gasteiger partial charge in [-0.15, -0.1) is 0 Å². The third-order valence-corrected chi connectivity index (χ3v) is 0.901. The maximum atomic E-state index is 8.46. The lowest BCUT2D eigenvalue weighted by Gasteiger charge is -1.94. The predicted octanol–water partition coefficient (Wildman–Crippen LogP) is 0.697. The van der Waals surface area contributed by atoms with Gasteiger partial charge in [0.1, 0.15) is 0 Å². The highest BCUT2D eigenvalue weighted by Crippen LogP contribution is 2.03. The quantitative estimate of drug-likeness (QED) is 0.445. The Bertz CT molecular complexity index is 142. The van der Waals surface area contributed by atoms with Crippen molar-refractivity contribution in [3.8, 4) is 0 Å². The topological polar surface area (TPSA) is 40.5 Å². The molecule has 0 aromatic heterocycles. The van der Waals surface area contributed by atoms with Crippen molar-refractivity contribution < 1.29 is 10.0 Å². The van der Waals surface area contributed by atoms with Gasteiger partial charge in [0.15, 0.2) is 0 Å². The van der Waals surface area contributed by atoms with Crippen LogP contribution in [0.5, 0.6) is 0 Å². The molecule has 0 spiro atoms. The van der Waals surface area contributed by atoms with E-state index in [1.54, 1.807) is 6.92 Å². The smallest absolute Gasteiger partial charge is 0.423 e. The molecule has 2 nitrogen and oxygen atoms in total. The SMILES string of the molecule is C=C(Cl)/C=C(\C)B(O)O. The van der Waals surface area contributed by atoms with E-state index >= 15 is 0 Å². The van der Waals surface area contributed by atoms with E-state index in [2.05, 4.69) is 6.58 Å². The zero-order valence-corrected chi connectivity index (χ0v) is 5.89. The molecule has 0 saturated carbocycles. The van der Waals surface area contributed by atoms with Gasteiger partial charge in [0.2, 0.25) is 0 Å². The number of halogens is 1. The monoisotopic (exact) mass is 146 g/mol. The lowest BCUT2D eigenvalue weighted by atomic mass is 9.80. The molecule has 0 saturated heterocycles. The van der Waals surface area contributed by atoms with Crippen molar-refractivity contribution in [2.45, 2.75) is 6.92 Å². The lowest BCUT2D eigenvalue weighted by molar-refractivity contribution is 0.419. The Labute approximate surface area is 59.6 Å². The molecule has 2 N–H and O–H groups in total. The normalized spacial score (nSPS) is 11.3. The van der Waals surface area contributed by atoms with E-state index in [-0.39, 0.29) is 0 Å². The van der Waals surface area contributed by atoms with Crippen molar-refractivity contribution in [1.29, 1.82) is 0 Å². The summed E-state index contributed by atoms with van der Waals surface area (Å²) in [5.74, 6) is 0. The first-order valence-corrected chi connectivity index (χ1v) is 2.80. The van der Waals surface area contributed by atoms with Crippen LogP contribution < -0.4 is 0 Å². The molecule has 0 heterocycles. The first-order valence-electron chi connectivity index (χ1n) is 2.42.